The minimum Gasteiger partial charge on any atom is -0.493 e. The number of hydrogen-bond acceptors (Lipinski definition) is 8. The number of hydrogen-bond donors (Lipinski definition) is 0. The largest absolute Gasteiger partial charge is 0.493 e. The van der Waals surface area contributed by atoms with Crippen molar-refractivity contribution in [1.29, 1.82) is 5.26 Å². The Morgan fingerprint density at radius 1 is 1.04 bits per heavy atom. The molecule has 1 aliphatic rings. The number of aromatic nitrogens is 1. The van der Waals surface area contributed by atoms with Crippen molar-refractivity contribution in [1.82, 2.24) is 4.57 Å². The van der Waals surface area contributed by atoms with Crippen molar-refractivity contribution in [3.8, 4) is 17.6 Å². The summed E-state index contributed by atoms with van der Waals surface area (Å²) in [5, 5.41) is 10.2. The normalized spacial score (nSPS) is 14.1. The lowest BCUT2D eigenvalue weighted by atomic mass is 9.93. The number of esters is 1. The van der Waals surface area contributed by atoms with E-state index in [1.165, 1.54) is 23.0 Å². The molecule has 6 rings (SSSR count). The van der Waals surface area contributed by atoms with Gasteiger partial charge < -0.3 is 14.2 Å². The summed E-state index contributed by atoms with van der Waals surface area (Å²) in [4.78, 5) is 33.1. The molecule has 0 saturated carbocycles. The standard InChI is InChI=1S/C37H27Cl2N3O5S/c1-3-46-36(44)31-32(23-9-5-4-6-10-23)41-37-42(33(31)24-13-15-27(38)16-14-24)35(43)30(48-37)19-22-17-28(39)34(29(18-22)45-2)47-21-26-12-8-7-11-25(26)20-40/h4-19,33H,3,21H2,1-2H3/b30-19-/t33-/m1/s1. The van der Waals surface area contributed by atoms with Crippen LogP contribution in [0.5, 0.6) is 11.5 Å². The number of benzene rings is 4. The summed E-state index contributed by atoms with van der Waals surface area (Å²) in [5.41, 5.74) is 3.48. The van der Waals surface area contributed by atoms with E-state index in [1.807, 2.05) is 36.4 Å². The zero-order chi connectivity index (χ0) is 33.8. The first-order valence-electron chi connectivity index (χ1n) is 14.8. The maximum absolute atomic E-state index is 14.2. The van der Waals surface area contributed by atoms with Crippen molar-refractivity contribution in [3.05, 3.63) is 154 Å². The zero-order valence-corrected chi connectivity index (χ0v) is 28.1. The van der Waals surface area contributed by atoms with Gasteiger partial charge in [0.25, 0.3) is 5.56 Å². The van der Waals surface area contributed by atoms with Crippen LogP contribution in [0.1, 0.15) is 40.8 Å². The molecule has 2 heterocycles. The molecule has 240 valence electrons. The van der Waals surface area contributed by atoms with Gasteiger partial charge in [-0.15, -0.1) is 0 Å². The highest BCUT2D eigenvalue weighted by Crippen LogP contribution is 2.38. The lowest BCUT2D eigenvalue weighted by Gasteiger charge is -2.25. The highest BCUT2D eigenvalue weighted by molar-refractivity contribution is 7.07. The molecule has 0 radical (unpaired) electrons. The molecule has 0 N–H and O–H groups in total. The predicted octanol–water partition coefficient (Wildman–Crippen LogP) is 6.70. The topological polar surface area (TPSA) is 103 Å². The van der Waals surface area contributed by atoms with Gasteiger partial charge in [-0.3, -0.25) is 9.36 Å². The van der Waals surface area contributed by atoms with Gasteiger partial charge in [-0.25, -0.2) is 9.79 Å². The van der Waals surface area contributed by atoms with Crippen LogP contribution in [0.15, 0.2) is 106 Å². The molecule has 5 aromatic rings. The van der Waals surface area contributed by atoms with Crippen molar-refractivity contribution >= 4 is 52.3 Å². The molecule has 48 heavy (non-hydrogen) atoms. The summed E-state index contributed by atoms with van der Waals surface area (Å²) in [7, 11) is 1.49. The molecule has 1 aromatic heterocycles. The van der Waals surface area contributed by atoms with E-state index >= 15 is 0 Å². The second kappa shape index (κ2) is 14.3. The van der Waals surface area contributed by atoms with Crippen LogP contribution in [0, 0.1) is 11.3 Å². The maximum atomic E-state index is 14.2. The van der Waals surface area contributed by atoms with Crippen LogP contribution < -0.4 is 24.4 Å². The van der Waals surface area contributed by atoms with E-state index in [4.69, 9.17) is 42.4 Å². The van der Waals surface area contributed by atoms with E-state index in [0.717, 1.165) is 0 Å². The van der Waals surface area contributed by atoms with Gasteiger partial charge in [0, 0.05) is 16.1 Å². The fourth-order valence-corrected chi connectivity index (χ4v) is 6.82. The summed E-state index contributed by atoms with van der Waals surface area (Å²) in [6.07, 6.45) is 1.70. The van der Waals surface area contributed by atoms with Crippen LogP contribution in [0.25, 0.3) is 11.8 Å². The number of ether oxygens (including phenoxy) is 3. The summed E-state index contributed by atoms with van der Waals surface area (Å²) in [5.74, 6) is 0.0876. The van der Waals surface area contributed by atoms with Gasteiger partial charge in [0.1, 0.15) is 6.61 Å². The fourth-order valence-electron chi connectivity index (χ4n) is 5.42. The van der Waals surface area contributed by atoms with Crippen LogP contribution in [-0.2, 0) is 16.1 Å². The van der Waals surface area contributed by atoms with Crippen molar-refractivity contribution in [3.63, 3.8) is 0 Å². The minimum atomic E-state index is -0.833. The second-order valence-electron chi connectivity index (χ2n) is 10.6. The lowest BCUT2D eigenvalue weighted by molar-refractivity contribution is -0.138. The summed E-state index contributed by atoms with van der Waals surface area (Å²) >= 11 is 14.1. The van der Waals surface area contributed by atoms with Crippen LogP contribution >= 0.6 is 34.5 Å². The van der Waals surface area contributed by atoms with Gasteiger partial charge in [0.15, 0.2) is 16.3 Å². The molecule has 1 atom stereocenters. The number of nitriles is 1. The number of thiazole rings is 1. The van der Waals surface area contributed by atoms with Crippen molar-refractivity contribution in [2.45, 2.75) is 19.6 Å². The molecule has 0 fully saturated rings. The van der Waals surface area contributed by atoms with Crippen LogP contribution in [0.2, 0.25) is 10.0 Å². The molecule has 0 bridgehead atoms. The molecule has 0 spiro atoms. The lowest BCUT2D eigenvalue weighted by Crippen LogP contribution is -2.40. The first-order valence-corrected chi connectivity index (χ1v) is 16.4. The molecule has 0 amide bonds. The number of carbonyl (C=O) groups excluding carboxylic acids is 1. The quantitative estimate of drug-likeness (QED) is 0.159. The van der Waals surface area contributed by atoms with Gasteiger partial charge in [0.05, 0.1) is 52.2 Å². The summed E-state index contributed by atoms with van der Waals surface area (Å²) < 4.78 is 19.0. The number of halogens is 2. The Labute approximate surface area is 290 Å². The Morgan fingerprint density at radius 3 is 2.48 bits per heavy atom. The van der Waals surface area contributed by atoms with E-state index in [9.17, 15) is 14.9 Å². The maximum Gasteiger partial charge on any atom is 0.338 e. The Bertz CT molecular complexity index is 2270. The zero-order valence-electron chi connectivity index (χ0n) is 25.8. The van der Waals surface area contributed by atoms with E-state index in [-0.39, 0.29) is 29.4 Å². The third kappa shape index (κ3) is 6.51. The van der Waals surface area contributed by atoms with Gasteiger partial charge in [0.2, 0.25) is 0 Å². The summed E-state index contributed by atoms with van der Waals surface area (Å²) in [6, 6.07) is 28.2. The van der Waals surface area contributed by atoms with Crippen molar-refractivity contribution in [2.24, 2.45) is 4.99 Å². The van der Waals surface area contributed by atoms with E-state index < -0.39 is 12.0 Å². The molecular weight excluding hydrogens is 669 g/mol. The SMILES string of the molecule is CCOC(=O)C1=C(c2ccccc2)N=c2s/c(=C\c3cc(Cl)c(OCc4ccccc4C#N)c(OC)c3)c(=O)n2[C@@H]1c1ccc(Cl)cc1. The molecule has 0 unspecified atom stereocenters. The Morgan fingerprint density at radius 2 is 1.77 bits per heavy atom. The van der Waals surface area contributed by atoms with Gasteiger partial charge in [-0.2, -0.15) is 5.26 Å². The van der Waals surface area contributed by atoms with Crippen LogP contribution in [0.3, 0.4) is 0 Å². The molecule has 0 aliphatic carbocycles. The number of carbonyl (C=O) groups is 1. The number of rotatable bonds is 9. The molecule has 4 aromatic carbocycles. The molecule has 0 saturated heterocycles. The molecule has 8 nitrogen and oxygen atoms in total. The highest BCUT2D eigenvalue weighted by atomic mass is 35.5. The number of fused-ring (bicyclic) bond motifs is 1. The van der Waals surface area contributed by atoms with Crippen molar-refractivity contribution < 1.29 is 19.0 Å². The molecule has 1 aliphatic heterocycles. The van der Waals surface area contributed by atoms with E-state index in [1.54, 1.807) is 67.6 Å². The van der Waals surface area contributed by atoms with Crippen molar-refractivity contribution in [2.75, 3.05) is 13.7 Å². The van der Waals surface area contributed by atoms with Gasteiger partial charge in [-0.05, 0) is 54.5 Å². The number of methoxy groups -OCH3 is 1. The Kier molecular flexibility index (Phi) is 9.78. The van der Waals surface area contributed by atoms with E-state index in [0.29, 0.717) is 59.4 Å². The fraction of sp³-hybridized carbons (Fsp3) is 0.135. The number of nitrogens with zero attached hydrogens (tertiary/aromatic N) is 3. The van der Waals surface area contributed by atoms with Gasteiger partial charge >= 0.3 is 5.97 Å². The smallest absolute Gasteiger partial charge is 0.338 e. The Balaban J connectivity index is 1.49. The monoisotopic (exact) mass is 695 g/mol. The minimum absolute atomic E-state index is 0.106. The second-order valence-corrected chi connectivity index (χ2v) is 12.4. The third-order valence-corrected chi connectivity index (χ3v) is 9.13. The highest BCUT2D eigenvalue weighted by Gasteiger charge is 2.35. The molecule has 11 heteroatoms. The van der Waals surface area contributed by atoms with Crippen LogP contribution in [-0.4, -0.2) is 24.3 Å². The third-order valence-electron chi connectivity index (χ3n) is 7.62. The first kappa shape index (κ1) is 32.8. The average molecular weight is 697 g/mol. The van der Waals surface area contributed by atoms with Gasteiger partial charge in [-0.1, -0.05) is 95.2 Å². The molecular formula is C37H27Cl2N3O5S. The van der Waals surface area contributed by atoms with Crippen LogP contribution in [0.4, 0.5) is 0 Å². The Hall–Kier alpha value is -5.14. The summed E-state index contributed by atoms with van der Waals surface area (Å²) in [6.45, 7) is 1.98. The first-order chi connectivity index (χ1) is 23.3. The van der Waals surface area contributed by atoms with E-state index in [2.05, 4.69) is 6.07 Å². The predicted molar refractivity (Wildman–Crippen MR) is 186 cm³/mol. The average Bonchev–Trinajstić information content (AvgIpc) is 3.41.